The van der Waals surface area contributed by atoms with Crippen molar-refractivity contribution < 1.29 is 13.6 Å². The van der Waals surface area contributed by atoms with Crippen LogP contribution in [0.2, 0.25) is 0 Å². The minimum atomic E-state index is -2.73. The molecule has 0 saturated heterocycles. The Kier molecular flexibility index (Phi) is 5.72. The van der Waals surface area contributed by atoms with Gasteiger partial charge in [0.1, 0.15) is 0 Å². The number of hydrogen-bond donors (Lipinski definition) is 1. The highest BCUT2D eigenvalue weighted by molar-refractivity contribution is 7.15. The first-order chi connectivity index (χ1) is 15.8. The van der Waals surface area contributed by atoms with Gasteiger partial charge in [-0.3, -0.25) is 4.79 Å². The minimum Gasteiger partial charge on any atom is -0.301 e. The van der Waals surface area contributed by atoms with Crippen molar-refractivity contribution in [1.82, 2.24) is 25.2 Å². The number of aryl methyl sites for hydroxylation is 2. The van der Waals surface area contributed by atoms with E-state index in [1.54, 1.807) is 19.2 Å². The summed E-state index contributed by atoms with van der Waals surface area (Å²) in [4.78, 5) is 20.6. The highest BCUT2D eigenvalue weighted by Gasteiger charge is 2.45. The lowest BCUT2D eigenvalue weighted by molar-refractivity contribution is -0.118. The molecule has 3 aromatic rings. The molecule has 1 aromatic carbocycles. The van der Waals surface area contributed by atoms with Gasteiger partial charge in [0, 0.05) is 23.3 Å². The van der Waals surface area contributed by atoms with Gasteiger partial charge in [0.2, 0.25) is 17.7 Å². The van der Waals surface area contributed by atoms with Crippen LogP contribution in [-0.4, -0.2) is 37.0 Å². The maximum atomic E-state index is 14.1. The molecule has 7 nitrogen and oxygen atoms in total. The average molecular weight is 473 g/mol. The van der Waals surface area contributed by atoms with E-state index < -0.39 is 17.8 Å². The van der Waals surface area contributed by atoms with E-state index in [-0.39, 0.29) is 18.7 Å². The molecular weight excluding hydrogens is 446 g/mol. The number of hydrogen-bond acceptors (Lipinski definition) is 6. The molecule has 0 aliphatic heterocycles. The summed E-state index contributed by atoms with van der Waals surface area (Å²) >= 11 is 1.51. The number of fused-ring (bicyclic) bond motifs is 1. The van der Waals surface area contributed by atoms with Crippen LogP contribution in [0.1, 0.15) is 54.7 Å². The number of benzene rings is 1. The Hall–Kier alpha value is -2.75. The molecule has 0 radical (unpaired) electrons. The van der Waals surface area contributed by atoms with E-state index >= 15 is 0 Å². The van der Waals surface area contributed by atoms with Crippen LogP contribution in [0.3, 0.4) is 0 Å². The Labute approximate surface area is 194 Å². The molecule has 2 heterocycles. The molecule has 2 aliphatic carbocycles. The van der Waals surface area contributed by atoms with E-state index in [1.165, 1.54) is 21.0 Å². The summed E-state index contributed by atoms with van der Waals surface area (Å²) in [5.74, 6) is -3.04. The molecule has 1 saturated carbocycles. The highest BCUT2D eigenvalue weighted by Crippen LogP contribution is 2.46. The first-order valence-corrected chi connectivity index (χ1v) is 12.1. The summed E-state index contributed by atoms with van der Waals surface area (Å²) in [6, 6.07) is 7.23. The van der Waals surface area contributed by atoms with Crippen LogP contribution in [0.25, 0.3) is 11.4 Å². The molecule has 3 atom stereocenters. The molecule has 0 spiro atoms. The Morgan fingerprint density at radius 3 is 2.73 bits per heavy atom. The predicted octanol–water partition coefficient (Wildman–Crippen LogP) is 4.62. The minimum absolute atomic E-state index is 0.188. The largest absolute Gasteiger partial charge is 0.301 e. The number of rotatable bonds is 5. The van der Waals surface area contributed by atoms with Gasteiger partial charge in [-0.15, -0.1) is 21.5 Å². The van der Waals surface area contributed by atoms with Crippen LogP contribution in [0, 0.1) is 11.8 Å². The average Bonchev–Trinajstić information content (AvgIpc) is 3.46. The number of carbonyl (C=O) groups excluding carboxylic acids is 1. The number of amides is 1. The van der Waals surface area contributed by atoms with Crippen molar-refractivity contribution in [3.8, 4) is 11.4 Å². The van der Waals surface area contributed by atoms with Gasteiger partial charge in [0.05, 0.1) is 18.7 Å². The van der Waals surface area contributed by atoms with Gasteiger partial charge in [-0.25, -0.2) is 13.8 Å². The van der Waals surface area contributed by atoms with E-state index in [9.17, 15) is 13.6 Å². The third-order valence-corrected chi connectivity index (χ3v) is 7.68. The van der Waals surface area contributed by atoms with Crippen molar-refractivity contribution in [2.24, 2.45) is 18.9 Å². The Morgan fingerprint density at radius 1 is 1.27 bits per heavy atom. The maximum absolute atomic E-state index is 14.1. The number of nitrogens with one attached hydrogen (secondary N) is 1. The predicted molar refractivity (Wildman–Crippen MR) is 121 cm³/mol. The van der Waals surface area contributed by atoms with Gasteiger partial charge in [0.25, 0.3) is 0 Å². The third kappa shape index (κ3) is 4.66. The third-order valence-electron chi connectivity index (χ3n) is 6.65. The maximum Gasteiger partial charge on any atom is 0.248 e. The van der Waals surface area contributed by atoms with Gasteiger partial charge in [0.15, 0.2) is 5.13 Å². The second-order valence-corrected chi connectivity index (χ2v) is 10.4. The van der Waals surface area contributed by atoms with Gasteiger partial charge >= 0.3 is 0 Å². The molecule has 33 heavy (non-hydrogen) atoms. The van der Waals surface area contributed by atoms with Crippen molar-refractivity contribution in [2.75, 3.05) is 5.32 Å². The van der Waals surface area contributed by atoms with Gasteiger partial charge in [-0.05, 0) is 48.3 Å². The van der Waals surface area contributed by atoms with Crippen molar-refractivity contribution in [2.45, 2.75) is 57.3 Å². The molecule has 174 valence electrons. The molecule has 1 fully saturated rings. The SMILES string of the molecule is CC1CCc2nc(NC(=O)[C@H](c3ccc(-c4nnn(C)n4)cc3)[C@H]3CCC(F)(F)C3)sc2C1. The summed E-state index contributed by atoms with van der Waals surface area (Å²) in [6.07, 6.45) is 2.82. The zero-order valence-corrected chi connectivity index (χ0v) is 19.4. The number of anilines is 1. The van der Waals surface area contributed by atoms with E-state index in [0.29, 0.717) is 28.9 Å². The number of alkyl halides is 2. The quantitative estimate of drug-likeness (QED) is 0.586. The van der Waals surface area contributed by atoms with Gasteiger partial charge in [-0.1, -0.05) is 31.2 Å². The first kappa shape index (κ1) is 22.1. The van der Waals surface area contributed by atoms with E-state index in [1.807, 2.05) is 12.1 Å². The number of carbonyl (C=O) groups is 1. The number of halogens is 2. The van der Waals surface area contributed by atoms with Crippen LogP contribution < -0.4 is 5.32 Å². The van der Waals surface area contributed by atoms with Gasteiger partial charge < -0.3 is 5.32 Å². The highest BCUT2D eigenvalue weighted by atomic mass is 32.1. The van der Waals surface area contributed by atoms with E-state index in [0.717, 1.165) is 30.5 Å². The fourth-order valence-corrected chi connectivity index (χ4v) is 6.10. The van der Waals surface area contributed by atoms with E-state index in [2.05, 4.69) is 32.6 Å². The monoisotopic (exact) mass is 472 g/mol. The number of aromatic nitrogens is 5. The zero-order valence-electron chi connectivity index (χ0n) is 18.6. The van der Waals surface area contributed by atoms with Crippen molar-refractivity contribution >= 4 is 22.4 Å². The Bertz CT molecular complexity index is 1160. The van der Waals surface area contributed by atoms with Crippen molar-refractivity contribution in [1.29, 1.82) is 0 Å². The summed E-state index contributed by atoms with van der Waals surface area (Å²) in [5.41, 5.74) is 2.51. The second-order valence-electron chi connectivity index (χ2n) is 9.29. The van der Waals surface area contributed by atoms with Crippen LogP contribution in [0.5, 0.6) is 0 Å². The molecule has 5 rings (SSSR count). The molecule has 2 aliphatic rings. The van der Waals surface area contributed by atoms with Crippen LogP contribution in [0.4, 0.5) is 13.9 Å². The molecule has 1 amide bonds. The normalized spacial score (nSPS) is 22.7. The topological polar surface area (TPSA) is 85.6 Å². The molecule has 10 heteroatoms. The first-order valence-electron chi connectivity index (χ1n) is 11.3. The summed E-state index contributed by atoms with van der Waals surface area (Å²) in [5, 5.41) is 15.5. The van der Waals surface area contributed by atoms with Crippen molar-refractivity contribution in [3.05, 3.63) is 40.4 Å². The Morgan fingerprint density at radius 2 is 2.06 bits per heavy atom. The second kappa shape index (κ2) is 8.55. The van der Waals surface area contributed by atoms with Crippen LogP contribution in [-0.2, 0) is 24.7 Å². The summed E-state index contributed by atoms with van der Waals surface area (Å²) in [6.45, 7) is 2.22. The number of thiazole rings is 1. The summed E-state index contributed by atoms with van der Waals surface area (Å²) in [7, 11) is 1.68. The molecular formula is C23H26F2N6OS. The number of tetrazole rings is 1. The lowest BCUT2D eigenvalue weighted by Gasteiger charge is -2.23. The summed E-state index contributed by atoms with van der Waals surface area (Å²) < 4.78 is 28.1. The molecule has 2 aromatic heterocycles. The van der Waals surface area contributed by atoms with E-state index in [4.69, 9.17) is 0 Å². The zero-order chi connectivity index (χ0) is 23.2. The van der Waals surface area contributed by atoms with Gasteiger partial charge in [-0.2, -0.15) is 4.80 Å². The molecule has 1 N–H and O–H groups in total. The standard InChI is InChI=1S/C23H26F2N6OS/c1-13-3-8-17-18(11-13)33-22(26-17)27-21(32)19(16-9-10-23(24,25)12-16)14-4-6-15(7-5-14)20-28-30-31(2)29-20/h4-7,13,16,19H,3,8-12H2,1-2H3,(H,26,27,32)/t13?,16-,19+/m0/s1. The fraction of sp³-hybridized carbons (Fsp3) is 0.522. The molecule has 0 bridgehead atoms. The Balaban J connectivity index is 1.40. The smallest absolute Gasteiger partial charge is 0.248 e. The fourth-order valence-electron chi connectivity index (χ4n) is 4.92. The van der Waals surface area contributed by atoms with Crippen molar-refractivity contribution in [3.63, 3.8) is 0 Å². The molecule has 1 unspecified atom stereocenters. The lowest BCUT2D eigenvalue weighted by atomic mass is 9.83. The van der Waals surface area contributed by atoms with Crippen LogP contribution in [0.15, 0.2) is 24.3 Å². The van der Waals surface area contributed by atoms with Crippen LogP contribution >= 0.6 is 11.3 Å². The lowest BCUT2D eigenvalue weighted by Crippen LogP contribution is -2.27. The number of nitrogens with zero attached hydrogens (tertiary/aromatic N) is 5.